The molecule has 1 amide bonds. The summed E-state index contributed by atoms with van der Waals surface area (Å²) >= 11 is 6.26. The Kier molecular flexibility index (Phi) is 3.31. The second-order valence-electron chi connectivity index (χ2n) is 5.87. The van der Waals surface area contributed by atoms with E-state index in [0.29, 0.717) is 17.1 Å². The van der Waals surface area contributed by atoms with Gasteiger partial charge in [0.15, 0.2) is 0 Å². The van der Waals surface area contributed by atoms with Crippen molar-refractivity contribution < 1.29 is 14.1 Å². The van der Waals surface area contributed by atoms with Crippen molar-refractivity contribution in [3.8, 4) is 0 Å². The number of amides is 1. The summed E-state index contributed by atoms with van der Waals surface area (Å²) in [5, 5.41) is 3.26. The lowest BCUT2D eigenvalue weighted by Crippen LogP contribution is -2.38. The van der Waals surface area contributed by atoms with Crippen LogP contribution in [0.15, 0.2) is 12.1 Å². The van der Waals surface area contributed by atoms with Crippen LogP contribution in [0.5, 0.6) is 0 Å². The highest BCUT2D eigenvalue weighted by Crippen LogP contribution is 2.28. The normalized spacial score (nSPS) is 24.5. The molecule has 0 spiro atoms. The third-order valence-electron chi connectivity index (χ3n) is 4.09. The molecule has 0 saturated carbocycles. The summed E-state index contributed by atoms with van der Waals surface area (Å²) in [6.07, 6.45) is 0.783. The number of hydrogen-bond donors (Lipinski definition) is 1. The van der Waals surface area contributed by atoms with Crippen molar-refractivity contribution >= 4 is 30.1 Å². The van der Waals surface area contributed by atoms with Gasteiger partial charge in [0.05, 0.1) is 22.3 Å². The van der Waals surface area contributed by atoms with E-state index in [2.05, 4.69) is 5.32 Å². The Bertz CT molecular complexity index is 576. The Labute approximate surface area is 123 Å². The van der Waals surface area contributed by atoms with Gasteiger partial charge in [-0.25, -0.2) is 0 Å². The van der Waals surface area contributed by atoms with E-state index in [1.165, 1.54) is 0 Å². The number of hydrogen-bond acceptors (Lipinski definition) is 3. The lowest BCUT2D eigenvalue weighted by molar-refractivity contribution is 0.0842. The number of nitrogens with one attached hydrogen (secondary N) is 1. The van der Waals surface area contributed by atoms with Crippen LogP contribution in [0.1, 0.15) is 36.7 Å². The smallest absolute Gasteiger partial charge is 0.402 e. The highest BCUT2D eigenvalue weighted by molar-refractivity contribution is 6.62. The van der Waals surface area contributed by atoms with Gasteiger partial charge in [0.2, 0.25) is 0 Å². The van der Waals surface area contributed by atoms with Crippen LogP contribution in [-0.2, 0) is 15.7 Å². The maximum atomic E-state index is 11.8. The molecule has 2 aliphatic rings. The number of fused-ring (bicyclic) bond motifs is 1. The van der Waals surface area contributed by atoms with E-state index < -0.39 is 7.12 Å². The number of rotatable bonds is 1. The predicted molar refractivity (Wildman–Crippen MR) is 78.6 cm³/mol. The molecule has 1 fully saturated rings. The van der Waals surface area contributed by atoms with Crippen molar-refractivity contribution in [2.24, 2.45) is 0 Å². The molecule has 2 heterocycles. The minimum Gasteiger partial charge on any atom is -0.402 e. The molecule has 1 saturated heterocycles. The van der Waals surface area contributed by atoms with Crippen LogP contribution in [0.25, 0.3) is 0 Å². The van der Waals surface area contributed by atoms with Crippen LogP contribution in [0.2, 0.25) is 5.02 Å². The Morgan fingerprint density at radius 1 is 1.45 bits per heavy atom. The first-order valence-electron chi connectivity index (χ1n) is 6.82. The van der Waals surface area contributed by atoms with Gasteiger partial charge in [0.1, 0.15) is 0 Å². The van der Waals surface area contributed by atoms with Crippen LogP contribution in [0, 0.1) is 0 Å². The van der Waals surface area contributed by atoms with E-state index in [9.17, 15) is 4.79 Å². The minimum atomic E-state index is -0.423. The number of benzene rings is 1. The molecule has 20 heavy (non-hydrogen) atoms. The first-order valence-corrected chi connectivity index (χ1v) is 7.20. The molecule has 4 nitrogen and oxygen atoms in total. The van der Waals surface area contributed by atoms with E-state index in [1.54, 1.807) is 6.07 Å². The zero-order valence-corrected chi connectivity index (χ0v) is 12.6. The molecule has 0 radical (unpaired) electrons. The lowest BCUT2D eigenvalue weighted by Gasteiger charge is -2.21. The maximum absolute atomic E-state index is 11.8. The monoisotopic (exact) mass is 293 g/mol. The third-order valence-corrected chi connectivity index (χ3v) is 4.39. The van der Waals surface area contributed by atoms with Crippen LogP contribution >= 0.6 is 11.6 Å². The minimum absolute atomic E-state index is 0.00519. The molecule has 0 aliphatic carbocycles. The topological polar surface area (TPSA) is 47.6 Å². The van der Waals surface area contributed by atoms with Gasteiger partial charge < -0.3 is 14.6 Å². The van der Waals surface area contributed by atoms with Crippen molar-refractivity contribution in [1.29, 1.82) is 0 Å². The maximum Gasteiger partial charge on any atom is 0.494 e. The second kappa shape index (κ2) is 4.76. The average Bonchev–Trinajstić information content (AvgIpc) is 2.63. The Morgan fingerprint density at radius 3 is 2.85 bits per heavy atom. The summed E-state index contributed by atoms with van der Waals surface area (Å²) in [4.78, 5) is 11.8. The van der Waals surface area contributed by atoms with Gasteiger partial charge in [0, 0.05) is 6.54 Å². The molecule has 1 atom stereocenters. The molecule has 1 unspecified atom stereocenters. The van der Waals surface area contributed by atoms with Gasteiger partial charge in [-0.1, -0.05) is 17.7 Å². The van der Waals surface area contributed by atoms with E-state index in [1.807, 2.05) is 26.8 Å². The van der Waals surface area contributed by atoms with E-state index in [-0.39, 0.29) is 17.6 Å². The van der Waals surface area contributed by atoms with Gasteiger partial charge in [0.25, 0.3) is 5.91 Å². The molecule has 6 heteroatoms. The zero-order valence-electron chi connectivity index (χ0n) is 11.8. The molecule has 0 aromatic heterocycles. The van der Waals surface area contributed by atoms with Gasteiger partial charge in [-0.2, -0.15) is 0 Å². The standard InChI is InChI=1S/C14H17BClNO3/c1-8-14(2,3)20-15(19-8)10-6-9-4-5-17-13(18)12(9)11(16)7-10/h6-8H,4-5H2,1-3H3,(H,17,18). The summed E-state index contributed by atoms with van der Waals surface area (Å²) in [5.41, 5.74) is 2.08. The van der Waals surface area contributed by atoms with Crippen LogP contribution in [0.4, 0.5) is 0 Å². The molecule has 3 rings (SSSR count). The van der Waals surface area contributed by atoms with E-state index in [4.69, 9.17) is 20.9 Å². The van der Waals surface area contributed by atoms with Crippen molar-refractivity contribution in [2.45, 2.75) is 38.9 Å². The Hall–Kier alpha value is -1.04. The lowest BCUT2D eigenvalue weighted by atomic mass is 9.77. The summed E-state index contributed by atoms with van der Waals surface area (Å²) < 4.78 is 11.8. The van der Waals surface area contributed by atoms with Crippen molar-refractivity contribution in [1.82, 2.24) is 5.32 Å². The van der Waals surface area contributed by atoms with Crippen molar-refractivity contribution in [3.05, 3.63) is 28.3 Å². The summed E-state index contributed by atoms with van der Waals surface area (Å²) in [5.74, 6) is -0.107. The fraction of sp³-hybridized carbons (Fsp3) is 0.500. The second-order valence-corrected chi connectivity index (χ2v) is 6.28. The number of carbonyl (C=O) groups is 1. The first kappa shape index (κ1) is 13.9. The SMILES string of the molecule is CC1OB(c2cc(Cl)c3c(c2)CCNC3=O)OC1(C)C. The highest BCUT2D eigenvalue weighted by atomic mass is 35.5. The molecule has 1 aromatic rings. The fourth-order valence-electron chi connectivity index (χ4n) is 2.57. The van der Waals surface area contributed by atoms with Gasteiger partial charge in [-0.15, -0.1) is 0 Å². The summed E-state index contributed by atoms with van der Waals surface area (Å²) in [6, 6.07) is 3.74. The van der Waals surface area contributed by atoms with Crippen LogP contribution < -0.4 is 10.8 Å². The van der Waals surface area contributed by atoms with E-state index >= 15 is 0 Å². The van der Waals surface area contributed by atoms with Gasteiger partial charge in [-0.05, 0) is 44.3 Å². The van der Waals surface area contributed by atoms with Crippen molar-refractivity contribution in [2.75, 3.05) is 6.54 Å². The number of carbonyl (C=O) groups excluding carboxylic acids is 1. The van der Waals surface area contributed by atoms with E-state index in [0.717, 1.165) is 17.4 Å². The van der Waals surface area contributed by atoms with Gasteiger partial charge in [-0.3, -0.25) is 4.79 Å². The van der Waals surface area contributed by atoms with Crippen LogP contribution in [0.3, 0.4) is 0 Å². The molecular formula is C14H17BClNO3. The predicted octanol–water partition coefficient (Wildman–Crippen LogP) is 1.53. The highest BCUT2D eigenvalue weighted by Gasteiger charge is 2.44. The Morgan fingerprint density at radius 2 is 2.20 bits per heavy atom. The Balaban J connectivity index is 1.97. The molecule has 1 aromatic carbocycles. The third kappa shape index (κ3) is 2.24. The summed E-state index contributed by atoms with van der Waals surface area (Å²) in [7, 11) is -0.423. The average molecular weight is 294 g/mol. The van der Waals surface area contributed by atoms with Crippen LogP contribution in [-0.4, -0.2) is 31.3 Å². The molecular weight excluding hydrogens is 276 g/mol. The number of halogens is 1. The first-order chi connectivity index (χ1) is 9.38. The molecule has 106 valence electrons. The van der Waals surface area contributed by atoms with Gasteiger partial charge >= 0.3 is 7.12 Å². The van der Waals surface area contributed by atoms with Crippen molar-refractivity contribution in [3.63, 3.8) is 0 Å². The fourth-order valence-corrected chi connectivity index (χ4v) is 2.90. The zero-order chi connectivity index (χ0) is 14.5. The summed E-state index contributed by atoms with van der Waals surface area (Å²) in [6.45, 7) is 6.64. The molecule has 1 N–H and O–H groups in total. The largest absolute Gasteiger partial charge is 0.494 e. The molecule has 2 aliphatic heterocycles. The quantitative estimate of drug-likeness (QED) is 0.799. The molecule has 0 bridgehead atoms.